The molecule has 0 aliphatic carbocycles. The van der Waals surface area contributed by atoms with E-state index in [0.29, 0.717) is 13.0 Å². The van der Waals surface area contributed by atoms with Crippen LogP contribution >= 0.6 is 0 Å². The number of nitrogens with zero attached hydrogens (tertiary/aromatic N) is 1. The first kappa shape index (κ1) is 29.9. The van der Waals surface area contributed by atoms with Crippen LogP contribution in [-0.2, 0) is 15.6 Å². The van der Waals surface area contributed by atoms with Crippen molar-refractivity contribution in [3.8, 4) is 0 Å². The number of ether oxygens (including phenoxy) is 1. The number of carbonyl (C=O) groups is 1. The molecular formula is C30H48N2O3Si. The summed E-state index contributed by atoms with van der Waals surface area (Å²) in [4.78, 5) is 15.6. The molecule has 0 unspecified atom stereocenters. The number of carbonyl (C=O) groups excluding carboxylic acids is 1. The number of nitrogen functional groups attached to an aromatic ring is 1. The second-order valence-electron chi connectivity index (χ2n) is 12.2. The Labute approximate surface area is 220 Å². The summed E-state index contributed by atoms with van der Waals surface area (Å²) in [6.07, 6.45) is 1.91. The van der Waals surface area contributed by atoms with E-state index in [9.17, 15) is 4.79 Å². The molecule has 1 amide bonds. The van der Waals surface area contributed by atoms with Gasteiger partial charge in [-0.1, -0.05) is 76.6 Å². The molecule has 2 N–H and O–H groups in total. The van der Waals surface area contributed by atoms with Crippen molar-refractivity contribution in [1.29, 1.82) is 0 Å². The number of hydrogen-bond donors (Lipinski definition) is 1. The van der Waals surface area contributed by atoms with Crippen LogP contribution in [0.15, 0.2) is 54.6 Å². The molecule has 2 atom stereocenters. The molecule has 0 saturated heterocycles. The lowest BCUT2D eigenvalue weighted by molar-refractivity contribution is -0.00566. The molecule has 2 aromatic carbocycles. The van der Waals surface area contributed by atoms with E-state index in [1.54, 1.807) is 0 Å². The Morgan fingerprint density at radius 2 is 1.56 bits per heavy atom. The van der Waals surface area contributed by atoms with Crippen molar-refractivity contribution < 1.29 is 14.0 Å². The van der Waals surface area contributed by atoms with Crippen LogP contribution < -0.4 is 5.73 Å². The Morgan fingerprint density at radius 3 is 2.06 bits per heavy atom. The predicted molar refractivity (Wildman–Crippen MR) is 154 cm³/mol. The van der Waals surface area contributed by atoms with Gasteiger partial charge < -0.3 is 19.8 Å². The Kier molecular flexibility index (Phi) is 10.2. The fourth-order valence-corrected chi connectivity index (χ4v) is 5.20. The number of nitrogens with two attached hydrogens (primary N) is 1. The van der Waals surface area contributed by atoms with Gasteiger partial charge in [0.05, 0.1) is 12.1 Å². The van der Waals surface area contributed by atoms with Crippen LogP contribution in [0, 0.1) is 0 Å². The van der Waals surface area contributed by atoms with Gasteiger partial charge in [0.2, 0.25) is 0 Å². The maximum absolute atomic E-state index is 13.7. The SMILES string of the molecule is CCC[C@H]([C@H](O[Si](C)(C)C(C)(C)C)c1ccccc1)N(CCc1ccc(N)cc1)C(=O)OC(C)(C)C. The second kappa shape index (κ2) is 12.3. The smallest absolute Gasteiger partial charge is 0.410 e. The van der Waals surface area contributed by atoms with Gasteiger partial charge in [0.15, 0.2) is 8.32 Å². The Hall–Kier alpha value is -2.31. The van der Waals surface area contributed by atoms with Gasteiger partial charge in [-0.2, -0.15) is 0 Å². The van der Waals surface area contributed by atoms with E-state index in [-0.39, 0.29) is 23.3 Å². The van der Waals surface area contributed by atoms with Gasteiger partial charge >= 0.3 is 6.09 Å². The molecule has 0 bridgehead atoms. The van der Waals surface area contributed by atoms with Crippen LogP contribution in [0.4, 0.5) is 10.5 Å². The molecule has 0 spiro atoms. The van der Waals surface area contributed by atoms with Crippen LogP contribution in [0.25, 0.3) is 0 Å². The third-order valence-corrected chi connectivity index (χ3v) is 11.4. The van der Waals surface area contributed by atoms with E-state index < -0.39 is 13.9 Å². The minimum atomic E-state index is -2.16. The van der Waals surface area contributed by atoms with Crippen LogP contribution in [0.3, 0.4) is 0 Å². The normalized spacial score (nSPS) is 14.2. The summed E-state index contributed by atoms with van der Waals surface area (Å²) in [5, 5.41) is 0.0392. The lowest BCUT2D eigenvalue weighted by atomic mass is 9.97. The van der Waals surface area contributed by atoms with Crippen LogP contribution in [-0.4, -0.2) is 37.5 Å². The zero-order valence-corrected chi connectivity index (χ0v) is 24.9. The average Bonchev–Trinajstić information content (AvgIpc) is 2.77. The van der Waals surface area contributed by atoms with Gasteiger partial charge in [-0.3, -0.25) is 0 Å². The standard InChI is InChI=1S/C30H48N2O3Si/c1-10-14-26(27(24-15-12-11-13-16-24)35-36(8,9)30(5,6)7)32(28(33)34-29(2,3)4)22-21-23-17-19-25(31)20-18-23/h11-13,15-20,26-27H,10,14,21-22,31H2,1-9H3/t26-,27-/m1/s1. The summed E-state index contributed by atoms with van der Waals surface area (Å²) >= 11 is 0. The van der Waals surface area contributed by atoms with Crippen LogP contribution in [0.2, 0.25) is 18.1 Å². The summed E-state index contributed by atoms with van der Waals surface area (Å²) < 4.78 is 13.0. The lowest BCUT2D eigenvalue weighted by Gasteiger charge is -2.44. The topological polar surface area (TPSA) is 64.8 Å². The Balaban J connectivity index is 2.53. The summed E-state index contributed by atoms with van der Waals surface area (Å²) in [7, 11) is -2.16. The highest BCUT2D eigenvalue weighted by Crippen LogP contribution is 2.42. The third-order valence-electron chi connectivity index (χ3n) is 6.94. The van der Waals surface area contributed by atoms with Gasteiger partial charge in [0.25, 0.3) is 0 Å². The van der Waals surface area contributed by atoms with Crippen molar-refractivity contribution in [2.45, 2.75) is 104 Å². The summed E-state index contributed by atoms with van der Waals surface area (Å²) in [5.41, 5.74) is 8.27. The first-order valence-electron chi connectivity index (χ1n) is 13.2. The molecule has 0 fully saturated rings. The highest BCUT2D eigenvalue weighted by atomic mass is 28.4. The van der Waals surface area contributed by atoms with E-state index in [1.807, 2.05) is 68.1 Å². The first-order chi connectivity index (χ1) is 16.6. The van der Waals surface area contributed by atoms with Crippen molar-refractivity contribution in [1.82, 2.24) is 4.90 Å². The average molecular weight is 513 g/mol. The molecular weight excluding hydrogens is 464 g/mol. The highest BCUT2D eigenvalue weighted by molar-refractivity contribution is 6.74. The van der Waals surface area contributed by atoms with Crippen molar-refractivity contribution in [3.63, 3.8) is 0 Å². The van der Waals surface area contributed by atoms with Crippen molar-refractivity contribution in [3.05, 3.63) is 65.7 Å². The molecule has 2 aromatic rings. The maximum atomic E-state index is 13.7. The van der Waals surface area contributed by atoms with Gasteiger partial charge in [-0.15, -0.1) is 0 Å². The lowest BCUT2D eigenvalue weighted by Crippen LogP contribution is -2.51. The van der Waals surface area contributed by atoms with Gasteiger partial charge in [-0.05, 0) is 75.0 Å². The van der Waals surface area contributed by atoms with Crippen molar-refractivity contribution in [2.75, 3.05) is 12.3 Å². The quantitative estimate of drug-likeness (QED) is 0.259. The minimum absolute atomic E-state index is 0.0392. The first-order valence-corrected chi connectivity index (χ1v) is 16.1. The van der Waals surface area contributed by atoms with E-state index in [0.717, 1.165) is 29.7 Å². The number of amides is 1. The molecule has 0 aliphatic rings. The molecule has 0 saturated carbocycles. The maximum Gasteiger partial charge on any atom is 0.410 e. The van der Waals surface area contributed by atoms with Gasteiger partial charge in [-0.25, -0.2) is 4.79 Å². The summed E-state index contributed by atoms with van der Waals surface area (Å²) in [6.45, 7) is 19.8. The monoisotopic (exact) mass is 512 g/mol. The second-order valence-corrected chi connectivity index (χ2v) is 17.0. The molecule has 0 radical (unpaired) electrons. The highest BCUT2D eigenvalue weighted by Gasteiger charge is 2.43. The van der Waals surface area contributed by atoms with Gasteiger partial charge in [0, 0.05) is 12.2 Å². The van der Waals surface area contributed by atoms with E-state index in [4.69, 9.17) is 14.9 Å². The Morgan fingerprint density at radius 1 is 0.972 bits per heavy atom. The largest absolute Gasteiger partial charge is 0.444 e. The summed E-state index contributed by atoms with van der Waals surface area (Å²) in [5.74, 6) is 0. The van der Waals surface area contributed by atoms with E-state index >= 15 is 0 Å². The fraction of sp³-hybridized carbons (Fsp3) is 0.567. The number of benzene rings is 2. The van der Waals surface area contributed by atoms with E-state index in [2.05, 4.69) is 52.9 Å². The third kappa shape index (κ3) is 8.66. The Bertz CT molecular complexity index is 947. The molecule has 36 heavy (non-hydrogen) atoms. The summed E-state index contributed by atoms with van der Waals surface area (Å²) in [6, 6.07) is 18.1. The zero-order chi connectivity index (χ0) is 27.1. The van der Waals surface area contributed by atoms with Crippen molar-refractivity contribution in [2.24, 2.45) is 0 Å². The zero-order valence-electron chi connectivity index (χ0n) is 23.9. The molecule has 200 valence electrons. The number of anilines is 1. The molecule has 0 heterocycles. The molecule has 0 aromatic heterocycles. The molecule has 0 aliphatic heterocycles. The number of rotatable bonds is 10. The van der Waals surface area contributed by atoms with Crippen LogP contribution in [0.1, 0.15) is 78.5 Å². The fourth-order valence-electron chi connectivity index (χ4n) is 3.92. The van der Waals surface area contributed by atoms with E-state index in [1.165, 1.54) is 0 Å². The minimum Gasteiger partial charge on any atom is -0.444 e. The number of hydrogen-bond acceptors (Lipinski definition) is 4. The molecule has 6 heteroatoms. The molecule has 5 nitrogen and oxygen atoms in total. The van der Waals surface area contributed by atoms with Crippen LogP contribution in [0.5, 0.6) is 0 Å². The van der Waals surface area contributed by atoms with Gasteiger partial charge in [0.1, 0.15) is 5.60 Å². The predicted octanol–water partition coefficient (Wildman–Crippen LogP) is 7.98. The van der Waals surface area contributed by atoms with Crippen molar-refractivity contribution >= 4 is 20.1 Å². The molecule has 2 rings (SSSR count).